The first-order valence-electron chi connectivity index (χ1n) is 10.6. The number of hydrogen-bond acceptors (Lipinski definition) is 5. The summed E-state index contributed by atoms with van der Waals surface area (Å²) in [5, 5.41) is 3.79. The maximum absolute atomic E-state index is 12.7. The number of rotatable bonds is 6. The van der Waals surface area contributed by atoms with E-state index in [9.17, 15) is 4.79 Å². The van der Waals surface area contributed by atoms with Gasteiger partial charge in [0.25, 0.3) is 0 Å². The highest BCUT2D eigenvalue weighted by molar-refractivity contribution is 5.76. The predicted octanol–water partition coefficient (Wildman–Crippen LogP) is 4.01. The van der Waals surface area contributed by atoms with Crippen molar-refractivity contribution in [2.24, 2.45) is 0 Å². The standard InChI is InChI=1S/C24H28N4O2/c1-17-13-20(14-19-7-4-3-5-8-19)15-22(25-17)21-9-6-12-28(16-21)24(29)11-10-23-26-18(2)27-30-23/h3-5,7-8,13,15,21H,6,9-12,14,16H2,1-2H3. The lowest BCUT2D eigenvalue weighted by atomic mass is 9.92. The van der Waals surface area contributed by atoms with Crippen LogP contribution in [-0.4, -0.2) is 39.0 Å². The zero-order chi connectivity index (χ0) is 20.9. The van der Waals surface area contributed by atoms with E-state index in [2.05, 4.69) is 53.5 Å². The van der Waals surface area contributed by atoms with Crippen LogP contribution in [0.5, 0.6) is 0 Å². The van der Waals surface area contributed by atoms with E-state index in [1.54, 1.807) is 6.92 Å². The normalized spacial score (nSPS) is 16.6. The van der Waals surface area contributed by atoms with Gasteiger partial charge in [-0.2, -0.15) is 4.98 Å². The Kier molecular flexibility index (Phi) is 6.21. The van der Waals surface area contributed by atoms with Crippen molar-refractivity contribution in [2.75, 3.05) is 13.1 Å². The molecular weight excluding hydrogens is 376 g/mol. The summed E-state index contributed by atoms with van der Waals surface area (Å²) in [5.41, 5.74) is 4.71. The third kappa shape index (κ3) is 5.12. The Bertz CT molecular complexity index is 999. The van der Waals surface area contributed by atoms with Gasteiger partial charge in [0.2, 0.25) is 11.8 Å². The van der Waals surface area contributed by atoms with Gasteiger partial charge in [0, 0.05) is 43.2 Å². The Morgan fingerprint density at radius 2 is 1.97 bits per heavy atom. The average Bonchev–Trinajstić information content (AvgIpc) is 3.17. The Morgan fingerprint density at radius 1 is 1.13 bits per heavy atom. The summed E-state index contributed by atoms with van der Waals surface area (Å²) in [5.74, 6) is 1.56. The Morgan fingerprint density at radius 3 is 2.73 bits per heavy atom. The first-order chi connectivity index (χ1) is 14.6. The van der Waals surface area contributed by atoms with E-state index in [0.29, 0.717) is 24.6 Å². The van der Waals surface area contributed by atoms with Crippen molar-refractivity contribution in [3.63, 3.8) is 0 Å². The molecular formula is C24H28N4O2. The molecule has 1 atom stereocenters. The van der Waals surface area contributed by atoms with Gasteiger partial charge >= 0.3 is 0 Å². The third-order valence-corrected chi connectivity index (χ3v) is 5.60. The van der Waals surface area contributed by atoms with Crippen molar-refractivity contribution in [1.82, 2.24) is 20.0 Å². The maximum Gasteiger partial charge on any atom is 0.227 e. The number of likely N-dealkylation sites (tertiary alicyclic amines) is 1. The molecule has 1 saturated heterocycles. The van der Waals surface area contributed by atoms with Crippen LogP contribution in [-0.2, 0) is 17.6 Å². The molecule has 30 heavy (non-hydrogen) atoms. The SMILES string of the molecule is Cc1cc(Cc2ccccc2)cc(C2CCCN(C(=O)CCc3nc(C)no3)C2)n1. The molecule has 0 N–H and O–H groups in total. The van der Waals surface area contributed by atoms with E-state index in [1.807, 2.05) is 11.0 Å². The molecule has 6 nitrogen and oxygen atoms in total. The summed E-state index contributed by atoms with van der Waals surface area (Å²) in [6, 6.07) is 14.9. The van der Waals surface area contributed by atoms with Gasteiger partial charge in [0.05, 0.1) is 0 Å². The number of amides is 1. The highest BCUT2D eigenvalue weighted by Crippen LogP contribution is 2.27. The molecule has 156 valence electrons. The van der Waals surface area contributed by atoms with Crippen LogP contribution in [0.15, 0.2) is 47.0 Å². The lowest BCUT2D eigenvalue weighted by Crippen LogP contribution is -2.39. The zero-order valence-corrected chi connectivity index (χ0v) is 17.7. The summed E-state index contributed by atoms with van der Waals surface area (Å²) in [6.07, 6.45) is 3.85. The van der Waals surface area contributed by atoms with Crippen LogP contribution >= 0.6 is 0 Å². The smallest absolute Gasteiger partial charge is 0.227 e. The second-order valence-electron chi connectivity index (χ2n) is 8.12. The third-order valence-electron chi connectivity index (χ3n) is 5.60. The molecule has 2 aromatic heterocycles. The number of pyridine rings is 1. The minimum atomic E-state index is 0.146. The highest BCUT2D eigenvalue weighted by Gasteiger charge is 2.26. The quantitative estimate of drug-likeness (QED) is 0.621. The van der Waals surface area contributed by atoms with Gasteiger partial charge in [-0.3, -0.25) is 9.78 Å². The molecule has 6 heteroatoms. The molecule has 0 spiro atoms. The average molecular weight is 405 g/mol. The zero-order valence-electron chi connectivity index (χ0n) is 17.7. The van der Waals surface area contributed by atoms with Gasteiger partial charge in [-0.25, -0.2) is 0 Å². The Balaban J connectivity index is 1.41. The summed E-state index contributed by atoms with van der Waals surface area (Å²) >= 11 is 0. The monoisotopic (exact) mass is 404 g/mol. The summed E-state index contributed by atoms with van der Waals surface area (Å²) in [7, 11) is 0. The van der Waals surface area contributed by atoms with E-state index in [4.69, 9.17) is 9.51 Å². The van der Waals surface area contributed by atoms with Crippen LogP contribution in [0.3, 0.4) is 0 Å². The van der Waals surface area contributed by atoms with Crippen molar-refractivity contribution >= 4 is 5.91 Å². The first kappa shape index (κ1) is 20.3. The molecule has 3 heterocycles. The number of piperidine rings is 1. The highest BCUT2D eigenvalue weighted by atomic mass is 16.5. The van der Waals surface area contributed by atoms with Crippen molar-refractivity contribution in [3.8, 4) is 0 Å². The molecule has 0 bridgehead atoms. The molecule has 0 aliphatic carbocycles. The van der Waals surface area contributed by atoms with E-state index in [1.165, 1.54) is 11.1 Å². The second-order valence-corrected chi connectivity index (χ2v) is 8.12. The van der Waals surface area contributed by atoms with Gasteiger partial charge in [-0.05, 0) is 56.4 Å². The number of hydrogen-bond donors (Lipinski definition) is 0. The topological polar surface area (TPSA) is 72.1 Å². The fraction of sp³-hybridized carbons (Fsp3) is 0.417. The van der Waals surface area contributed by atoms with Gasteiger partial charge in [-0.1, -0.05) is 35.5 Å². The summed E-state index contributed by atoms with van der Waals surface area (Å²) in [4.78, 5) is 23.7. The fourth-order valence-electron chi connectivity index (χ4n) is 4.17. The van der Waals surface area contributed by atoms with E-state index in [-0.39, 0.29) is 11.8 Å². The fourth-order valence-corrected chi connectivity index (χ4v) is 4.17. The van der Waals surface area contributed by atoms with E-state index < -0.39 is 0 Å². The number of carbonyl (C=O) groups excluding carboxylic acids is 1. The molecule has 1 aliphatic rings. The van der Waals surface area contributed by atoms with Gasteiger partial charge in [-0.15, -0.1) is 0 Å². The van der Waals surface area contributed by atoms with E-state index in [0.717, 1.165) is 43.7 Å². The minimum absolute atomic E-state index is 0.146. The Labute approximate surface area is 177 Å². The minimum Gasteiger partial charge on any atom is -0.342 e. The van der Waals surface area contributed by atoms with Crippen LogP contribution in [0.1, 0.15) is 59.4 Å². The molecule has 4 rings (SSSR count). The van der Waals surface area contributed by atoms with E-state index >= 15 is 0 Å². The van der Waals surface area contributed by atoms with Crippen LogP contribution in [0.25, 0.3) is 0 Å². The lowest BCUT2D eigenvalue weighted by molar-refractivity contribution is -0.132. The van der Waals surface area contributed by atoms with Crippen molar-refractivity contribution in [1.29, 1.82) is 0 Å². The Hall–Kier alpha value is -3.02. The number of aryl methyl sites for hydroxylation is 3. The number of aromatic nitrogens is 3. The van der Waals surface area contributed by atoms with Gasteiger partial charge in [0.15, 0.2) is 5.82 Å². The first-order valence-corrected chi connectivity index (χ1v) is 10.6. The van der Waals surface area contributed by atoms with Gasteiger partial charge in [0.1, 0.15) is 0 Å². The molecule has 0 saturated carbocycles. The predicted molar refractivity (Wildman–Crippen MR) is 114 cm³/mol. The molecule has 1 unspecified atom stereocenters. The largest absolute Gasteiger partial charge is 0.342 e. The number of nitrogens with zero attached hydrogens (tertiary/aromatic N) is 4. The van der Waals surface area contributed by atoms with Crippen molar-refractivity contribution in [3.05, 3.63) is 76.7 Å². The van der Waals surface area contributed by atoms with Crippen LogP contribution < -0.4 is 0 Å². The maximum atomic E-state index is 12.7. The number of carbonyl (C=O) groups is 1. The molecule has 3 aromatic rings. The summed E-state index contributed by atoms with van der Waals surface area (Å²) < 4.78 is 5.13. The molecule has 1 amide bonds. The molecule has 1 aromatic carbocycles. The van der Waals surface area contributed by atoms with Crippen molar-refractivity contribution in [2.45, 2.75) is 51.9 Å². The van der Waals surface area contributed by atoms with Gasteiger partial charge < -0.3 is 9.42 Å². The lowest BCUT2D eigenvalue weighted by Gasteiger charge is -2.33. The van der Waals surface area contributed by atoms with Crippen molar-refractivity contribution < 1.29 is 9.32 Å². The second kappa shape index (κ2) is 9.20. The van der Waals surface area contributed by atoms with Crippen LogP contribution in [0.4, 0.5) is 0 Å². The molecule has 0 radical (unpaired) electrons. The van der Waals surface area contributed by atoms with Crippen LogP contribution in [0, 0.1) is 13.8 Å². The number of benzene rings is 1. The van der Waals surface area contributed by atoms with Crippen LogP contribution in [0.2, 0.25) is 0 Å². The molecule has 1 aliphatic heterocycles. The molecule has 1 fully saturated rings. The summed E-state index contributed by atoms with van der Waals surface area (Å²) in [6.45, 7) is 5.37.